The molecule has 0 aromatic heterocycles. The third-order valence-corrected chi connectivity index (χ3v) is 3.33. The first kappa shape index (κ1) is 18.4. The van der Waals surface area contributed by atoms with Gasteiger partial charge in [0.05, 0.1) is 13.2 Å². The van der Waals surface area contributed by atoms with Crippen molar-refractivity contribution in [1.29, 1.82) is 0 Å². The van der Waals surface area contributed by atoms with E-state index in [1.165, 1.54) is 6.07 Å². The maximum atomic E-state index is 13.4. The van der Waals surface area contributed by atoms with Crippen LogP contribution >= 0.6 is 0 Å². The minimum atomic E-state index is -0.232. The van der Waals surface area contributed by atoms with Crippen LogP contribution in [0.1, 0.15) is 33.3 Å². The predicted molar refractivity (Wildman–Crippen MR) is 89.9 cm³/mol. The molecule has 0 saturated heterocycles. The molecule has 0 aliphatic heterocycles. The molecule has 0 fully saturated rings. The van der Waals surface area contributed by atoms with Crippen LogP contribution in [0.15, 0.2) is 29.3 Å². The lowest BCUT2D eigenvalue weighted by Gasteiger charge is -2.24. The lowest BCUT2D eigenvalue weighted by atomic mass is 9.85. The molecule has 1 aromatic carbocycles. The van der Waals surface area contributed by atoms with Gasteiger partial charge < -0.3 is 15.4 Å². The van der Waals surface area contributed by atoms with Gasteiger partial charge >= 0.3 is 0 Å². The van der Waals surface area contributed by atoms with Crippen molar-refractivity contribution < 1.29 is 9.13 Å². The van der Waals surface area contributed by atoms with Crippen LogP contribution in [0, 0.1) is 5.82 Å². The van der Waals surface area contributed by atoms with E-state index in [1.54, 1.807) is 12.1 Å². The summed E-state index contributed by atoms with van der Waals surface area (Å²) in [6.45, 7) is 11.6. The van der Waals surface area contributed by atoms with Crippen LogP contribution in [0.5, 0.6) is 0 Å². The number of benzene rings is 1. The van der Waals surface area contributed by atoms with E-state index in [0.29, 0.717) is 26.3 Å². The second-order valence-electron chi connectivity index (χ2n) is 5.71. The molecule has 0 aliphatic carbocycles. The molecule has 124 valence electrons. The third-order valence-electron chi connectivity index (χ3n) is 3.33. The van der Waals surface area contributed by atoms with Crippen LogP contribution < -0.4 is 10.6 Å². The lowest BCUT2D eigenvalue weighted by Crippen LogP contribution is -2.40. The summed E-state index contributed by atoms with van der Waals surface area (Å²) in [7, 11) is 0. The second-order valence-corrected chi connectivity index (χ2v) is 5.71. The van der Waals surface area contributed by atoms with Crippen LogP contribution in [-0.2, 0) is 10.2 Å². The minimum absolute atomic E-state index is 0.212. The summed E-state index contributed by atoms with van der Waals surface area (Å²) in [6.07, 6.45) is 0. The maximum Gasteiger partial charge on any atom is 0.191 e. The largest absolute Gasteiger partial charge is 0.380 e. The van der Waals surface area contributed by atoms with Crippen LogP contribution in [0.2, 0.25) is 0 Å². The molecule has 0 radical (unpaired) electrons. The first-order valence-corrected chi connectivity index (χ1v) is 7.85. The second kappa shape index (κ2) is 9.41. The van der Waals surface area contributed by atoms with E-state index in [-0.39, 0.29) is 11.2 Å². The predicted octanol–water partition coefficient (Wildman–Crippen LogP) is 2.69. The van der Waals surface area contributed by atoms with Crippen molar-refractivity contribution in [1.82, 2.24) is 10.6 Å². The highest BCUT2D eigenvalue weighted by atomic mass is 19.1. The van der Waals surface area contributed by atoms with Crippen molar-refractivity contribution in [2.45, 2.75) is 33.1 Å². The number of aliphatic imine (C=N–C) groups is 1. The topological polar surface area (TPSA) is 45.7 Å². The summed E-state index contributed by atoms with van der Waals surface area (Å²) in [5.74, 6) is 0.544. The summed E-state index contributed by atoms with van der Waals surface area (Å²) in [6, 6.07) is 6.71. The average Bonchev–Trinajstić information content (AvgIpc) is 2.49. The van der Waals surface area contributed by atoms with Gasteiger partial charge in [0.15, 0.2) is 5.96 Å². The first-order chi connectivity index (χ1) is 10.5. The zero-order chi connectivity index (χ0) is 16.4. The monoisotopic (exact) mass is 309 g/mol. The fraction of sp³-hybridized carbons (Fsp3) is 0.588. The van der Waals surface area contributed by atoms with Crippen molar-refractivity contribution in [2.75, 3.05) is 32.8 Å². The summed E-state index contributed by atoms with van der Waals surface area (Å²) >= 11 is 0. The standard InChI is InChI=1S/C17H28FN3O/c1-5-19-16(20-10-11-22-6-2)21-13-17(3,4)14-8-7-9-15(18)12-14/h7-9,12H,5-6,10-11,13H2,1-4H3,(H2,19,20,21). The molecule has 0 atom stereocenters. The van der Waals surface area contributed by atoms with Gasteiger partial charge in [-0.3, -0.25) is 4.99 Å². The Balaban J connectivity index is 2.66. The van der Waals surface area contributed by atoms with E-state index < -0.39 is 0 Å². The van der Waals surface area contributed by atoms with Crippen LogP contribution in [0.25, 0.3) is 0 Å². The van der Waals surface area contributed by atoms with Crippen molar-refractivity contribution in [3.05, 3.63) is 35.6 Å². The molecular weight excluding hydrogens is 281 g/mol. The Morgan fingerprint density at radius 1 is 1.27 bits per heavy atom. The molecule has 0 spiro atoms. The molecule has 2 N–H and O–H groups in total. The minimum Gasteiger partial charge on any atom is -0.380 e. The Hall–Kier alpha value is -1.62. The Morgan fingerprint density at radius 3 is 2.68 bits per heavy atom. The SMILES string of the molecule is CCNC(=NCC(C)(C)c1cccc(F)c1)NCCOCC. The molecule has 0 heterocycles. The van der Waals surface area contributed by atoms with Gasteiger partial charge in [-0.25, -0.2) is 4.39 Å². The van der Waals surface area contributed by atoms with E-state index in [1.807, 2.05) is 19.9 Å². The Morgan fingerprint density at radius 2 is 2.05 bits per heavy atom. The fourth-order valence-corrected chi connectivity index (χ4v) is 2.01. The van der Waals surface area contributed by atoms with Gasteiger partial charge in [0, 0.05) is 25.1 Å². The molecule has 0 aliphatic rings. The zero-order valence-electron chi connectivity index (χ0n) is 14.1. The van der Waals surface area contributed by atoms with Gasteiger partial charge in [-0.1, -0.05) is 26.0 Å². The molecule has 0 bridgehead atoms. The van der Waals surface area contributed by atoms with Crippen LogP contribution in [-0.4, -0.2) is 38.8 Å². The summed E-state index contributed by atoms with van der Waals surface area (Å²) in [4.78, 5) is 4.61. The van der Waals surface area contributed by atoms with Gasteiger partial charge in [-0.05, 0) is 31.5 Å². The maximum absolute atomic E-state index is 13.4. The molecule has 0 amide bonds. The summed E-state index contributed by atoms with van der Waals surface area (Å²) < 4.78 is 18.7. The highest BCUT2D eigenvalue weighted by Gasteiger charge is 2.20. The van der Waals surface area contributed by atoms with E-state index >= 15 is 0 Å². The molecule has 22 heavy (non-hydrogen) atoms. The number of hydrogen-bond acceptors (Lipinski definition) is 2. The van der Waals surface area contributed by atoms with Crippen LogP contribution in [0.4, 0.5) is 4.39 Å². The van der Waals surface area contributed by atoms with Gasteiger partial charge in [-0.2, -0.15) is 0 Å². The smallest absolute Gasteiger partial charge is 0.191 e. The number of rotatable bonds is 8. The van der Waals surface area contributed by atoms with Crippen molar-refractivity contribution in [3.8, 4) is 0 Å². The molecular formula is C17H28FN3O. The number of nitrogens with one attached hydrogen (secondary N) is 2. The van der Waals surface area contributed by atoms with Gasteiger partial charge in [0.1, 0.15) is 5.82 Å². The van der Waals surface area contributed by atoms with Crippen molar-refractivity contribution in [2.24, 2.45) is 4.99 Å². The van der Waals surface area contributed by atoms with E-state index in [2.05, 4.69) is 29.5 Å². The number of guanidine groups is 1. The number of ether oxygens (including phenoxy) is 1. The number of halogens is 1. The molecule has 1 aromatic rings. The van der Waals surface area contributed by atoms with Crippen molar-refractivity contribution >= 4 is 5.96 Å². The summed E-state index contributed by atoms with van der Waals surface area (Å²) in [5, 5.41) is 6.43. The molecule has 0 unspecified atom stereocenters. The van der Waals surface area contributed by atoms with Gasteiger partial charge in [0.25, 0.3) is 0 Å². The Bertz CT molecular complexity index is 475. The highest BCUT2D eigenvalue weighted by Crippen LogP contribution is 2.23. The Labute approximate surface area is 133 Å². The molecule has 5 heteroatoms. The van der Waals surface area contributed by atoms with Gasteiger partial charge in [0.2, 0.25) is 0 Å². The average molecular weight is 309 g/mol. The number of nitrogens with zero attached hydrogens (tertiary/aromatic N) is 1. The molecule has 4 nitrogen and oxygen atoms in total. The number of hydrogen-bond donors (Lipinski definition) is 2. The van der Waals surface area contributed by atoms with Gasteiger partial charge in [-0.15, -0.1) is 0 Å². The quantitative estimate of drug-likeness (QED) is 0.441. The summed E-state index contributed by atoms with van der Waals surface area (Å²) in [5.41, 5.74) is 0.714. The van der Waals surface area contributed by atoms with E-state index in [4.69, 9.17) is 4.74 Å². The lowest BCUT2D eigenvalue weighted by molar-refractivity contribution is 0.152. The normalized spacial score (nSPS) is 12.3. The third kappa shape index (κ3) is 6.43. The first-order valence-electron chi connectivity index (χ1n) is 7.85. The zero-order valence-corrected chi connectivity index (χ0v) is 14.1. The van der Waals surface area contributed by atoms with E-state index in [9.17, 15) is 4.39 Å². The fourth-order valence-electron chi connectivity index (χ4n) is 2.01. The van der Waals surface area contributed by atoms with Crippen molar-refractivity contribution in [3.63, 3.8) is 0 Å². The van der Waals surface area contributed by atoms with Crippen LogP contribution in [0.3, 0.4) is 0 Å². The highest BCUT2D eigenvalue weighted by molar-refractivity contribution is 5.79. The molecule has 0 saturated carbocycles. The van der Waals surface area contributed by atoms with E-state index in [0.717, 1.165) is 18.1 Å². The Kier molecular flexibility index (Phi) is 7.88. The molecule has 1 rings (SSSR count).